The molecule has 1 aromatic carbocycles. The summed E-state index contributed by atoms with van der Waals surface area (Å²) < 4.78 is 5.22. The van der Waals surface area contributed by atoms with E-state index >= 15 is 0 Å². The molecule has 0 unspecified atom stereocenters. The molecule has 0 aliphatic rings. The minimum absolute atomic E-state index is 0.0191. The predicted octanol–water partition coefficient (Wildman–Crippen LogP) is 1.53. The van der Waals surface area contributed by atoms with Crippen LogP contribution in [0, 0.1) is 11.3 Å². The van der Waals surface area contributed by atoms with Crippen LogP contribution in [0.3, 0.4) is 0 Å². The van der Waals surface area contributed by atoms with Crippen LogP contribution in [0.2, 0.25) is 0 Å². The summed E-state index contributed by atoms with van der Waals surface area (Å²) in [6, 6.07) is 5.26. The van der Waals surface area contributed by atoms with Gasteiger partial charge in [0, 0.05) is 4.47 Å². The van der Waals surface area contributed by atoms with Crippen LogP contribution < -0.4 is 0 Å². The van der Waals surface area contributed by atoms with Gasteiger partial charge < -0.3 is 9.84 Å². The monoisotopic (exact) mass is 283 g/mol. The lowest BCUT2D eigenvalue weighted by atomic mass is 9.99. The van der Waals surface area contributed by atoms with Gasteiger partial charge in [0.1, 0.15) is 0 Å². The smallest absolute Gasteiger partial charge is 0.310 e. The average molecular weight is 284 g/mol. The van der Waals surface area contributed by atoms with Crippen LogP contribution in [0.25, 0.3) is 0 Å². The summed E-state index contributed by atoms with van der Waals surface area (Å²) in [6.45, 7) is -0.234. The number of hydrogen-bond donors (Lipinski definition) is 1. The summed E-state index contributed by atoms with van der Waals surface area (Å²) in [6.07, 6.45) is -0.0191. The maximum atomic E-state index is 11.2. The van der Waals surface area contributed by atoms with Crippen molar-refractivity contribution in [3.63, 3.8) is 0 Å². The number of ether oxygens (including phenoxy) is 1. The number of carbonyl (C=O) groups excluding carboxylic acids is 1. The Labute approximate surface area is 102 Å². The lowest BCUT2D eigenvalue weighted by Gasteiger charge is -2.10. The molecule has 0 fully saturated rings. The number of hydrogen-bond acceptors (Lipinski definition) is 4. The first-order chi connectivity index (χ1) is 7.63. The van der Waals surface area contributed by atoms with Crippen LogP contribution in [-0.4, -0.2) is 18.2 Å². The zero-order valence-corrected chi connectivity index (χ0v) is 10.2. The molecule has 84 valence electrons. The third-order valence-corrected chi connectivity index (χ3v) is 2.94. The van der Waals surface area contributed by atoms with Crippen LogP contribution in [0.5, 0.6) is 0 Å². The van der Waals surface area contributed by atoms with Crippen molar-refractivity contribution in [2.75, 3.05) is 7.11 Å². The molecule has 0 atom stereocenters. The van der Waals surface area contributed by atoms with Crippen molar-refractivity contribution in [3.05, 3.63) is 33.3 Å². The minimum atomic E-state index is -0.440. The topological polar surface area (TPSA) is 70.3 Å². The number of esters is 1. The van der Waals surface area contributed by atoms with Crippen LogP contribution in [0.1, 0.15) is 16.7 Å². The highest BCUT2D eigenvalue weighted by atomic mass is 79.9. The van der Waals surface area contributed by atoms with Crippen LogP contribution in [-0.2, 0) is 22.6 Å². The Morgan fingerprint density at radius 3 is 2.75 bits per heavy atom. The van der Waals surface area contributed by atoms with Crippen molar-refractivity contribution < 1.29 is 14.6 Å². The molecule has 0 radical (unpaired) electrons. The normalized spacial score (nSPS) is 9.62. The lowest BCUT2D eigenvalue weighted by Crippen LogP contribution is -2.09. The predicted molar refractivity (Wildman–Crippen MR) is 60.5 cm³/mol. The number of benzene rings is 1. The molecule has 0 aromatic heterocycles. The molecule has 5 heteroatoms. The second kappa shape index (κ2) is 5.64. The number of methoxy groups -OCH3 is 1. The first-order valence-electron chi connectivity index (χ1n) is 4.52. The van der Waals surface area contributed by atoms with Crippen molar-refractivity contribution in [2.24, 2.45) is 0 Å². The lowest BCUT2D eigenvalue weighted by molar-refractivity contribution is -0.139. The van der Waals surface area contributed by atoms with E-state index in [4.69, 9.17) is 5.26 Å². The van der Waals surface area contributed by atoms with Crippen LogP contribution in [0.4, 0.5) is 0 Å². The number of nitrogens with zero attached hydrogens (tertiary/aromatic N) is 1. The van der Waals surface area contributed by atoms with E-state index in [1.807, 2.05) is 6.07 Å². The third-order valence-electron chi connectivity index (χ3n) is 2.20. The second-order valence-electron chi connectivity index (χ2n) is 3.07. The van der Waals surface area contributed by atoms with Gasteiger partial charge in [0.05, 0.1) is 31.8 Å². The molecule has 0 bridgehead atoms. The Balaban J connectivity index is 3.26. The number of halogens is 1. The van der Waals surface area contributed by atoms with Gasteiger partial charge in [-0.3, -0.25) is 4.79 Å². The van der Waals surface area contributed by atoms with Crippen LogP contribution >= 0.6 is 15.9 Å². The van der Waals surface area contributed by atoms with Crippen LogP contribution in [0.15, 0.2) is 16.6 Å². The molecule has 4 nitrogen and oxygen atoms in total. The fourth-order valence-electron chi connectivity index (χ4n) is 1.36. The maximum absolute atomic E-state index is 11.2. The highest BCUT2D eigenvalue weighted by Crippen LogP contribution is 2.24. The molecule has 0 saturated carbocycles. The summed E-state index contributed by atoms with van der Waals surface area (Å²) in [7, 11) is 1.28. The largest absolute Gasteiger partial charge is 0.469 e. The zero-order valence-electron chi connectivity index (χ0n) is 8.66. The van der Waals surface area contributed by atoms with E-state index in [-0.39, 0.29) is 13.0 Å². The number of carbonyl (C=O) groups is 1. The summed E-state index contributed by atoms with van der Waals surface area (Å²) in [5.74, 6) is -0.440. The van der Waals surface area contributed by atoms with Crippen molar-refractivity contribution >= 4 is 21.9 Å². The van der Waals surface area contributed by atoms with E-state index in [1.165, 1.54) is 7.11 Å². The van der Waals surface area contributed by atoms with Gasteiger partial charge in [-0.1, -0.05) is 15.9 Å². The van der Waals surface area contributed by atoms with Gasteiger partial charge in [-0.25, -0.2) is 0 Å². The van der Waals surface area contributed by atoms with E-state index in [9.17, 15) is 9.90 Å². The maximum Gasteiger partial charge on any atom is 0.310 e. The summed E-state index contributed by atoms with van der Waals surface area (Å²) in [5, 5.41) is 18.1. The molecule has 1 aromatic rings. The standard InChI is InChI=1S/C11H10BrNO3/c1-16-11(15)4-8-7(5-13)2-3-10(12)9(8)6-14/h2-3,14H,4,6H2,1H3. The first-order valence-corrected chi connectivity index (χ1v) is 5.31. The van der Waals surface area contributed by atoms with Gasteiger partial charge in [0.2, 0.25) is 0 Å². The Bertz CT molecular complexity index is 451. The molecule has 0 heterocycles. The molecule has 1 N–H and O–H groups in total. The van der Waals surface area contributed by atoms with Gasteiger partial charge in [-0.15, -0.1) is 0 Å². The van der Waals surface area contributed by atoms with Gasteiger partial charge in [0.25, 0.3) is 0 Å². The van der Waals surface area contributed by atoms with Crippen molar-refractivity contribution in [1.82, 2.24) is 0 Å². The van der Waals surface area contributed by atoms with Crippen molar-refractivity contribution in [1.29, 1.82) is 5.26 Å². The minimum Gasteiger partial charge on any atom is -0.469 e. The number of aliphatic hydroxyl groups is 1. The Kier molecular flexibility index (Phi) is 4.47. The van der Waals surface area contributed by atoms with E-state index in [0.29, 0.717) is 21.2 Å². The highest BCUT2D eigenvalue weighted by Gasteiger charge is 2.15. The number of aliphatic hydroxyl groups excluding tert-OH is 1. The fraction of sp³-hybridized carbons (Fsp3) is 0.273. The van der Waals surface area contributed by atoms with Gasteiger partial charge in [-0.2, -0.15) is 5.26 Å². The summed E-state index contributed by atoms with van der Waals surface area (Å²) in [5.41, 5.74) is 1.42. The summed E-state index contributed by atoms with van der Waals surface area (Å²) in [4.78, 5) is 11.2. The van der Waals surface area contributed by atoms with E-state index in [1.54, 1.807) is 12.1 Å². The van der Waals surface area contributed by atoms with E-state index in [0.717, 1.165) is 0 Å². The molecule has 1 rings (SSSR count). The highest BCUT2D eigenvalue weighted by molar-refractivity contribution is 9.10. The molecular formula is C11H10BrNO3. The van der Waals surface area contributed by atoms with E-state index in [2.05, 4.69) is 20.7 Å². The molecular weight excluding hydrogens is 274 g/mol. The van der Waals surface area contributed by atoms with Crippen molar-refractivity contribution in [2.45, 2.75) is 13.0 Å². The second-order valence-corrected chi connectivity index (χ2v) is 3.93. The molecule has 0 aliphatic heterocycles. The zero-order chi connectivity index (χ0) is 12.1. The quantitative estimate of drug-likeness (QED) is 0.854. The third kappa shape index (κ3) is 2.60. The Hall–Kier alpha value is -1.38. The molecule has 0 spiro atoms. The van der Waals surface area contributed by atoms with E-state index < -0.39 is 5.97 Å². The molecule has 16 heavy (non-hydrogen) atoms. The molecule has 0 saturated heterocycles. The number of rotatable bonds is 3. The SMILES string of the molecule is COC(=O)Cc1c(C#N)ccc(Br)c1CO. The molecule has 0 aliphatic carbocycles. The summed E-state index contributed by atoms with van der Waals surface area (Å²) >= 11 is 3.26. The number of nitriles is 1. The fourth-order valence-corrected chi connectivity index (χ4v) is 1.86. The Morgan fingerprint density at radius 1 is 1.56 bits per heavy atom. The van der Waals surface area contributed by atoms with Gasteiger partial charge in [0.15, 0.2) is 0 Å². The van der Waals surface area contributed by atoms with Crippen molar-refractivity contribution in [3.8, 4) is 6.07 Å². The van der Waals surface area contributed by atoms with Gasteiger partial charge >= 0.3 is 5.97 Å². The molecule has 0 amide bonds. The first kappa shape index (κ1) is 12.7. The average Bonchev–Trinajstić information content (AvgIpc) is 2.29. The Morgan fingerprint density at radius 2 is 2.25 bits per heavy atom. The van der Waals surface area contributed by atoms with Gasteiger partial charge in [-0.05, 0) is 23.3 Å².